The number of nitrogens with zero attached hydrogens (tertiary/aromatic N) is 4. The lowest BCUT2D eigenvalue weighted by Gasteiger charge is -2.11. The first-order chi connectivity index (χ1) is 15.0. The first-order valence-electron chi connectivity index (χ1n) is 9.33. The van der Waals surface area contributed by atoms with Gasteiger partial charge in [-0.1, -0.05) is 17.7 Å². The third kappa shape index (κ3) is 4.38. The van der Waals surface area contributed by atoms with Crippen molar-refractivity contribution >= 4 is 23.2 Å². The van der Waals surface area contributed by atoms with Crippen molar-refractivity contribution in [1.29, 1.82) is 0 Å². The Morgan fingerprint density at radius 2 is 1.81 bits per heavy atom. The van der Waals surface area contributed by atoms with Crippen LogP contribution >= 0.6 is 11.6 Å². The van der Waals surface area contributed by atoms with E-state index in [-0.39, 0.29) is 0 Å². The van der Waals surface area contributed by atoms with E-state index in [1.165, 1.54) is 14.2 Å². The van der Waals surface area contributed by atoms with E-state index in [2.05, 4.69) is 15.5 Å². The van der Waals surface area contributed by atoms with Crippen LogP contribution in [0.5, 0.6) is 11.5 Å². The summed E-state index contributed by atoms with van der Waals surface area (Å²) in [5.41, 5.74) is 0.636. The quantitative estimate of drug-likeness (QED) is 0.582. The average molecular weight is 472 g/mol. The predicted octanol–water partition coefficient (Wildman–Crippen LogP) is 4.22. The van der Waals surface area contributed by atoms with Crippen LogP contribution in [0.2, 0.25) is 5.02 Å². The maximum atomic E-state index is 13.1. The second-order valence-electron chi connectivity index (χ2n) is 6.98. The van der Waals surface area contributed by atoms with Gasteiger partial charge in [-0.2, -0.15) is 23.4 Å². The molecule has 3 aromatic rings. The number of carbonyl (C=O) groups excluding carboxylic acids is 1. The van der Waals surface area contributed by atoms with E-state index < -0.39 is 28.5 Å². The van der Waals surface area contributed by atoms with Crippen LogP contribution in [0.15, 0.2) is 18.2 Å². The molecule has 0 bridgehead atoms. The Hall–Kier alpha value is -3.21. The number of alkyl halides is 3. The number of ether oxygens (including phenoxy) is 2. The van der Waals surface area contributed by atoms with Gasteiger partial charge < -0.3 is 14.8 Å². The number of benzene rings is 1. The summed E-state index contributed by atoms with van der Waals surface area (Å²) in [6.45, 7) is 3.79. The van der Waals surface area contributed by atoms with Gasteiger partial charge >= 0.3 is 6.18 Å². The smallest absolute Gasteiger partial charge is 0.436 e. The monoisotopic (exact) mass is 471 g/mol. The zero-order chi connectivity index (χ0) is 23.8. The number of hydrogen-bond donors (Lipinski definition) is 1. The van der Waals surface area contributed by atoms with Crippen molar-refractivity contribution in [3.05, 3.63) is 51.6 Å². The molecule has 0 radical (unpaired) electrons. The third-order valence-electron chi connectivity index (χ3n) is 4.87. The lowest BCUT2D eigenvalue weighted by molar-refractivity contribution is -0.141. The number of nitrogens with one attached hydrogen (secondary N) is 1. The van der Waals surface area contributed by atoms with E-state index in [0.29, 0.717) is 35.1 Å². The van der Waals surface area contributed by atoms with Crippen LogP contribution < -0.4 is 14.8 Å². The highest BCUT2D eigenvalue weighted by atomic mass is 35.5. The van der Waals surface area contributed by atoms with Gasteiger partial charge in [0.05, 0.1) is 37.8 Å². The minimum Gasteiger partial charge on any atom is -0.493 e. The van der Waals surface area contributed by atoms with Crippen molar-refractivity contribution in [1.82, 2.24) is 19.6 Å². The molecule has 0 aliphatic carbocycles. The first kappa shape index (κ1) is 23.5. The van der Waals surface area contributed by atoms with Gasteiger partial charge in [-0.25, -0.2) is 0 Å². The summed E-state index contributed by atoms with van der Waals surface area (Å²) in [4.78, 5) is 12.7. The molecule has 32 heavy (non-hydrogen) atoms. The van der Waals surface area contributed by atoms with Crippen molar-refractivity contribution < 1.29 is 27.4 Å². The van der Waals surface area contributed by atoms with Gasteiger partial charge in [0.1, 0.15) is 10.7 Å². The highest BCUT2D eigenvalue weighted by Crippen LogP contribution is 2.36. The number of aryl methyl sites for hydroxylation is 2. The van der Waals surface area contributed by atoms with Crippen molar-refractivity contribution in [2.75, 3.05) is 19.5 Å². The molecule has 0 atom stereocenters. The molecule has 2 aromatic heterocycles. The summed E-state index contributed by atoms with van der Waals surface area (Å²) in [7, 11) is 4.29. The molecule has 0 saturated heterocycles. The van der Waals surface area contributed by atoms with Crippen LogP contribution in [0.4, 0.5) is 18.9 Å². The molecule has 1 N–H and O–H groups in total. The van der Waals surface area contributed by atoms with Gasteiger partial charge in [0.15, 0.2) is 17.2 Å². The second kappa shape index (κ2) is 8.73. The Morgan fingerprint density at radius 3 is 2.38 bits per heavy atom. The number of hydrogen-bond acceptors (Lipinski definition) is 5. The zero-order valence-corrected chi connectivity index (χ0v) is 18.7. The number of methoxy groups -OCH3 is 2. The lowest BCUT2D eigenvalue weighted by Crippen LogP contribution is -2.17. The van der Waals surface area contributed by atoms with Gasteiger partial charge in [-0.3, -0.25) is 14.2 Å². The Bertz CT molecular complexity index is 1170. The summed E-state index contributed by atoms with van der Waals surface area (Å²) in [6, 6.07) is 5.43. The summed E-state index contributed by atoms with van der Waals surface area (Å²) >= 11 is 5.81. The molecule has 0 aliphatic heterocycles. The van der Waals surface area contributed by atoms with Crippen LogP contribution in [0.1, 0.15) is 33.1 Å². The minimum atomic E-state index is -4.77. The maximum Gasteiger partial charge on any atom is 0.436 e. The van der Waals surface area contributed by atoms with Crippen molar-refractivity contribution in [2.24, 2.45) is 7.05 Å². The first-order valence-corrected chi connectivity index (χ1v) is 9.71. The number of carbonyl (C=O) groups is 1. The molecule has 0 spiro atoms. The largest absolute Gasteiger partial charge is 0.493 e. The number of rotatable bonds is 6. The van der Waals surface area contributed by atoms with E-state index in [4.69, 9.17) is 21.1 Å². The molecule has 8 nitrogen and oxygen atoms in total. The molecule has 172 valence electrons. The van der Waals surface area contributed by atoms with E-state index >= 15 is 0 Å². The highest BCUT2D eigenvalue weighted by Gasteiger charge is 2.39. The van der Waals surface area contributed by atoms with E-state index in [1.54, 1.807) is 31.7 Å². The minimum absolute atomic E-state index is 0.369. The molecule has 0 saturated carbocycles. The Balaban J connectivity index is 1.88. The van der Waals surface area contributed by atoms with Gasteiger partial charge in [0, 0.05) is 7.05 Å². The number of aromatic nitrogens is 4. The van der Waals surface area contributed by atoms with Crippen molar-refractivity contribution in [3.8, 4) is 11.5 Å². The molecule has 3 rings (SSSR count). The summed E-state index contributed by atoms with van der Waals surface area (Å²) in [5.74, 6) is 0.326. The number of amides is 1. The molecule has 1 aromatic carbocycles. The Kier molecular flexibility index (Phi) is 6.40. The average Bonchev–Trinajstić information content (AvgIpc) is 3.17. The summed E-state index contributed by atoms with van der Waals surface area (Å²) in [5, 5.41) is 9.62. The van der Waals surface area contributed by atoms with Crippen molar-refractivity contribution in [3.63, 3.8) is 0 Å². The van der Waals surface area contributed by atoms with Gasteiger partial charge in [-0.05, 0) is 31.5 Å². The van der Waals surface area contributed by atoms with Gasteiger partial charge in [0.25, 0.3) is 5.91 Å². The highest BCUT2D eigenvalue weighted by molar-refractivity contribution is 6.34. The number of anilines is 1. The molecule has 0 fully saturated rings. The normalized spacial score (nSPS) is 11.5. The standard InChI is InChI=1S/C20H21ClF3N5O3/c1-10-16(25-19(30)17-15(21)18(20(22,23)24)27-28(17)3)11(2)29(26-10)9-12-6-7-13(31-4)14(8-12)32-5/h6-8H,9H2,1-5H3,(H,25,30). The van der Waals surface area contributed by atoms with E-state index in [0.717, 1.165) is 10.2 Å². The van der Waals surface area contributed by atoms with E-state index in [1.807, 2.05) is 12.1 Å². The van der Waals surface area contributed by atoms with E-state index in [9.17, 15) is 18.0 Å². The predicted molar refractivity (Wildman–Crippen MR) is 112 cm³/mol. The van der Waals surface area contributed by atoms with Gasteiger partial charge in [-0.15, -0.1) is 0 Å². The zero-order valence-electron chi connectivity index (χ0n) is 18.0. The molecule has 0 aliphatic rings. The summed E-state index contributed by atoms with van der Waals surface area (Å²) in [6.07, 6.45) is -4.77. The Labute approximate surface area is 186 Å². The SMILES string of the molecule is COc1ccc(Cn2nc(C)c(NC(=O)c3c(Cl)c(C(F)(F)F)nn3C)c2C)cc1OC. The molecule has 12 heteroatoms. The molecular formula is C20H21ClF3N5O3. The van der Waals surface area contributed by atoms with Crippen LogP contribution in [-0.2, 0) is 19.8 Å². The maximum absolute atomic E-state index is 13.1. The fraction of sp³-hybridized carbons (Fsp3) is 0.350. The second-order valence-corrected chi connectivity index (χ2v) is 7.36. The fourth-order valence-electron chi connectivity index (χ4n) is 3.28. The molecule has 2 heterocycles. The van der Waals surface area contributed by atoms with Crippen molar-refractivity contribution in [2.45, 2.75) is 26.6 Å². The van der Waals surface area contributed by atoms with Crippen LogP contribution in [0, 0.1) is 13.8 Å². The lowest BCUT2D eigenvalue weighted by atomic mass is 10.2. The third-order valence-corrected chi connectivity index (χ3v) is 5.23. The topological polar surface area (TPSA) is 83.2 Å². The fourth-order valence-corrected chi connectivity index (χ4v) is 3.64. The van der Waals surface area contributed by atoms with Crippen LogP contribution in [-0.4, -0.2) is 39.7 Å². The molecule has 1 amide bonds. The summed E-state index contributed by atoms with van der Waals surface area (Å²) < 4.78 is 52.2. The Morgan fingerprint density at radius 1 is 1.16 bits per heavy atom. The van der Waals surface area contributed by atoms with Gasteiger partial charge in [0.2, 0.25) is 0 Å². The molecular weight excluding hydrogens is 451 g/mol. The van der Waals surface area contributed by atoms with Crippen LogP contribution in [0.25, 0.3) is 0 Å². The van der Waals surface area contributed by atoms with Crippen LogP contribution in [0.3, 0.4) is 0 Å². The number of halogens is 4. The molecule has 0 unspecified atom stereocenters.